The predicted molar refractivity (Wildman–Crippen MR) is 82.4 cm³/mol. The molecule has 0 bridgehead atoms. The van der Waals surface area contributed by atoms with Gasteiger partial charge in [-0.3, -0.25) is 9.48 Å². The van der Waals surface area contributed by atoms with E-state index >= 15 is 0 Å². The van der Waals surface area contributed by atoms with Gasteiger partial charge in [0.05, 0.1) is 0 Å². The van der Waals surface area contributed by atoms with E-state index in [2.05, 4.69) is 22.3 Å². The monoisotopic (exact) mass is 306 g/mol. The molecule has 112 valence electrons. The number of nitrogens with one attached hydrogen (secondary N) is 1. The summed E-state index contributed by atoms with van der Waals surface area (Å²) in [5.74, 6) is -0.114. The van der Waals surface area contributed by atoms with Crippen LogP contribution in [0, 0.1) is 0 Å². The summed E-state index contributed by atoms with van der Waals surface area (Å²) in [5, 5.41) is 7.37. The van der Waals surface area contributed by atoms with E-state index in [-0.39, 0.29) is 5.91 Å². The Morgan fingerprint density at radius 1 is 1.43 bits per heavy atom. The van der Waals surface area contributed by atoms with Gasteiger partial charge in [-0.05, 0) is 31.0 Å². The fourth-order valence-electron chi connectivity index (χ4n) is 2.04. The Bertz CT molecular complexity index is 583. The molecule has 2 rings (SSSR count). The lowest BCUT2D eigenvalue weighted by Gasteiger charge is -2.07. The molecule has 2 aromatic heterocycles. The van der Waals surface area contributed by atoms with Gasteiger partial charge in [-0.1, -0.05) is 24.9 Å². The molecule has 2 heterocycles. The second kappa shape index (κ2) is 7.78. The summed E-state index contributed by atoms with van der Waals surface area (Å²) in [6, 6.07) is 5.29. The van der Waals surface area contributed by atoms with Gasteiger partial charge in [-0.15, -0.1) is 0 Å². The van der Waals surface area contributed by atoms with Crippen LogP contribution in [-0.2, 0) is 13.0 Å². The molecule has 0 saturated carbocycles. The van der Waals surface area contributed by atoms with Crippen LogP contribution >= 0.6 is 11.6 Å². The summed E-state index contributed by atoms with van der Waals surface area (Å²) in [5.41, 5.74) is 1.42. The topological polar surface area (TPSA) is 59.8 Å². The Balaban J connectivity index is 1.85. The lowest BCUT2D eigenvalue weighted by molar-refractivity contribution is 0.0952. The Labute approximate surface area is 129 Å². The number of hydrogen-bond donors (Lipinski definition) is 1. The molecule has 0 aliphatic heterocycles. The van der Waals surface area contributed by atoms with E-state index in [0.29, 0.717) is 17.3 Å². The van der Waals surface area contributed by atoms with Gasteiger partial charge in [0.1, 0.15) is 5.15 Å². The van der Waals surface area contributed by atoms with Crippen LogP contribution < -0.4 is 5.32 Å². The van der Waals surface area contributed by atoms with Crippen LogP contribution in [0.5, 0.6) is 0 Å². The maximum absolute atomic E-state index is 12.1. The van der Waals surface area contributed by atoms with Crippen LogP contribution in [0.1, 0.15) is 35.8 Å². The van der Waals surface area contributed by atoms with E-state index in [1.54, 1.807) is 18.3 Å². The van der Waals surface area contributed by atoms with Crippen molar-refractivity contribution >= 4 is 17.5 Å². The third-order valence-electron chi connectivity index (χ3n) is 3.02. The molecule has 0 aliphatic carbocycles. The van der Waals surface area contributed by atoms with Gasteiger partial charge in [0.15, 0.2) is 0 Å². The first-order chi connectivity index (χ1) is 10.2. The average Bonchev–Trinajstić information content (AvgIpc) is 2.96. The maximum atomic E-state index is 12.1. The second-order valence-corrected chi connectivity index (χ2v) is 5.19. The fourth-order valence-corrected chi connectivity index (χ4v) is 2.27. The van der Waals surface area contributed by atoms with Gasteiger partial charge in [-0.2, -0.15) is 5.10 Å². The van der Waals surface area contributed by atoms with Crippen LogP contribution in [0.25, 0.3) is 0 Å². The number of aryl methyl sites for hydroxylation is 2. The Hall–Kier alpha value is -1.88. The number of carbonyl (C=O) groups excluding carboxylic acids is 1. The lowest BCUT2D eigenvalue weighted by Crippen LogP contribution is -2.25. The van der Waals surface area contributed by atoms with Crippen molar-refractivity contribution in [1.82, 2.24) is 20.1 Å². The molecule has 0 aromatic carbocycles. The number of hydrogen-bond acceptors (Lipinski definition) is 3. The highest BCUT2D eigenvalue weighted by molar-refractivity contribution is 6.29. The molecular weight excluding hydrogens is 288 g/mol. The molecule has 1 amide bonds. The fraction of sp³-hybridized carbons (Fsp3) is 0.400. The molecule has 21 heavy (non-hydrogen) atoms. The van der Waals surface area contributed by atoms with E-state index in [1.165, 1.54) is 0 Å². The molecule has 5 nitrogen and oxygen atoms in total. The van der Waals surface area contributed by atoms with Gasteiger partial charge in [0.2, 0.25) is 0 Å². The van der Waals surface area contributed by atoms with Gasteiger partial charge in [0.25, 0.3) is 5.91 Å². The van der Waals surface area contributed by atoms with Crippen molar-refractivity contribution < 1.29 is 4.79 Å². The lowest BCUT2D eigenvalue weighted by atomic mass is 10.1. The highest BCUT2D eigenvalue weighted by Crippen LogP contribution is 2.12. The van der Waals surface area contributed by atoms with Crippen molar-refractivity contribution in [1.29, 1.82) is 0 Å². The molecule has 0 unspecified atom stereocenters. The minimum atomic E-state index is -0.114. The van der Waals surface area contributed by atoms with Gasteiger partial charge < -0.3 is 5.32 Å². The first-order valence-electron chi connectivity index (χ1n) is 7.11. The van der Waals surface area contributed by atoms with E-state index in [9.17, 15) is 4.79 Å². The molecule has 0 atom stereocenters. The number of nitrogens with zero attached hydrogens (tertiary/aromatic N) is 3. The van der Waals surface area contributed by atoms with Crippen molar-refractivity contribution in [3.8, 4) is 0 Å². The van der Waals surface area contributed by atoms with Crippen molar-refractivity contribution in [2.45, 2.75) is 32.7 Å². The average molecular weight is 307 g/mol. The summed E-state index contributed by atoms with van der Waals surface area (Å²) in [4.78, 5) is 16.3. The van der Waals surface area contributed by atoms with Crippen LogP contribution in [-0.4, -0.2) is 27.2 Å². The van der Waals surface area contributed by atoms with Gasteiger partial charge >= 0.3 is 0 Å². The first kappa shape index (κ1) is 15.5. The number of aromatic nitrogens is 3. The zero-order valence-corrected chi connectivity index (χ0v) is 12.8. The molecular formula is C15H19ClN4O. The van der Waals surface area contributed by atoms with Crippen LogP contribution in [0.15, 0.2) is 30.6 Å². The number of pyridine rings is 1. The summed E-state index contributed by atoms with van der Waals surface area (Å²) in [7, 11) is 0. The molecule has 1 N–H and O–H groups in total. The van der Waals surface area contributed by atoms with Crippen LogP contribution in [0.4, 0.5) is 0 Å². The SMILES string of the molecule is CCCc1cc(C(=O)NCCCn2cccn2)cc(Cl)n1. The zero-order valence-electron chi connectivity index (χ0n) is 12.1. The summed E-state index contributed by atoms with van der Waals surface area (Å²) in [6.07, 6.45) is 6.26. The molecule has 0 fully saturated rings. The number of halogens is 1. The van der Waals surface area contributed by atoms with Crippen molar-refractivity contribution in [2.24, 2.45) is 0 Å². The standard InChI is InChI=1S/C15H19ClN4O/c1-2-5-13-10-12(11-14(16)19-13)15(21)17-6-3-8-20-9-4-7-18-20/h4,7,9-11H,2-3,5-6,8H2,1H3,(H,17,21). The smallest absolute Gasteiger partial charge is 0.251 e. The molecule has 0 spiro atoms. The molecule has 2 aromatic rings. The predicted octanol–water partition coefficient (Wildman–Crippen LogP) is 2.70. The summed E-state index contributed by atoms with van der Waals surface area (Å²) >= 11 is 5.96. The molecule has 0 radical (unpaired) electrons. The Kier molecular flexibility index (Phi) is 5.75. The zero-order chi connectivity index (χ0) is 15.1. The van der Waals surface area contributed by atoms with Gasteiger partial charge in [0, 0.05) is 36.7 Å². The third kappa shape index (κ3) is 4.86. The van der Waals surface area contributed by atoms with Crippen molar-refractivity contribution in [3.05, 3.63) is 47.0 Å². The minimum Gasteiger partial charge on any atom is -0.352 e. The first-order valence-corrected chi connectivity index (χ1v) is 7.49. The normalized spacial score (nSPS) is 10.6. The number of amides is 1. The van der Waals surface area contributed by atoms with E-state index < -0.39 is 0 Å². The minimum absolute atomic E-state index is 0.114. The second-order valence-electron chi connectivity index (χ2n) is 4.80. The largest absolute Gasteiger partial charge is 0.352 e. The van der Waals surface area contributed by atoms with Crippen molar-refractivity contribution in [3.63, 3.8) is 0 Å². The summed E-state index contributed by atoms with van der Waals surface area (Å²) < 4.78 is 1.84. The van der Waals surface area contributed by atoms with Gasteiger partial charge in [-0.25, -0.2) is 4.98 Å². The summed E-state index contributed by atoms with van der Waals surface area (Å²) in [6.45, 7) is 3.45. The van der Waals surface area contributed by atoms with Crippen LogP contribution in [0.2, 0.25) is 5.15 Å². The van der Waals surface area contributed by atoms with Crippen LogP contribution in [0.3, 0.4) is 0 Å². The maximum Gasteiger partial charge on any atom is 0.251 e. The Morgan fingerprint density at radius 3 is 3.00 bits per heavy atom. The number of rotatable bonds is 7. The number of carbonyl (C=O) groups is 1. The quantitative estimate of drug-likeness (QED) is 0.632. The molecule has 0 saturated heterocycles. The van der Waals surface area contributed by atoms with E-state index in [4.69, 9.17) is 11.6 Å². The van der Waals surface area contributed by atoms with E-state index in [0.717, 1.165) is 31.5 Å². The third-order valence-corrected chi connectivity index (χ3v) is 3.22. The Morgan fingerprint density at radius 2 is 2.29 bits per heavy atom. The highest BCUT2D eigenvalue weighted by atomic mass is 35.5. The molecule has 0 aliphatic rings. The van der Waals surface area contributed by atoms with E-state index in [1.807, 2.05) is 16.9 Å². The highest BCUT2D eigenvalue weighted by Gasteiger charge is 2.08. The van der Waals surface area contributed by atoms with Crippen molar-refractivity contribution in [2.75, 3.05) is 6.54 Å². The molecule has 6 heteroatoms.